The second-order valence-corrected chi connectivity index (χ2v) is 15.2. The number of hydrazine groups is 1. The van der Waals surface area contributed by atoms with Gasteiger partial charge in [-0.05, 0) is 32.1 Å². The van der Waals surface area contributed by atoms with Crippen molar-refractivity contribution in [2.75, 3.05) is 19.6 Å². The molecule has 0 fully saturated rings. The Hall–Kier alpha value is -2.39. The number of unbranched alkanes of at least 4 members (excludes halogenated alkanes) is 26. The molecule has 4 N–H and O–H groups in total. The lowest BCUT2D eigenvalue weighted by atomic mass is 10.0. The van der Waals surface area contributed by atoms with Crippen LogP contribution < -0.4 is 16.5 Å². The summed E-state index contributed by atoms with van der Waals surface area (Å²) in [5.74, 6) is -0.357. The minimum Gasteiger partial charge on any atom is -0.365 e. The minimum absolute atomic E-state index is 0.0205. The normalized spacial score (nSPS) is 12.2. The number of rotatable bonds is 39. The highest BCUT2D eigenvalue weighted by atomic mass is 16.7. The van der Waals surface area contributed by atoms with E-state index < -0.39 is 11.1 Å². The second kappa shape index (κ2) is 38.3. The fourth-order valence-electron chi connectivity index (χ4n) is 6.88. The van der Waals surface area contributed by atoms with Gasteiger partial charge in [-0.1, -0.05) is 193 Å². The quantitative estimate of drug-likeness (QED) is 0.0188. The summed E-state index contributed by atoms with van der Waals surface area (Å²) in [7, 11) is 0. The van der Waals surface area contributed by atoms with Gasteiger partial charge in [-0.15, -0.1) is 0 Å². The van der Waals surface area contributed by atoms with Crippen molar-refractivity contribution in [3.8, 4) is 0 Å². The Morgan fingerprint density at radius 1 is 0.596 bits per heavy atom. The molecule has 0 heterocycles. The number of carbonyl (C=O) groups excluding carboxylic acids is 2. The van der Waals surface area contributed by atoms with E-state index in [1.165, 1.54) is 141 Å². The van der Waals surface area contributed by atoms with Crippen LogP contribution in [0.5, 0.6) is 0 Å². The van der Waals surface area contributed by atoms with Gasteiger partial charge in [0.15, 0.2) is 5.03 Å². The fraction of sp³-hybridized carbons (Fsp3) is 0.929. The fourth-order valence-corrected chi connectivity index (χ4v) is 6.88. The van der Waals surface area contributed by atoms with Crippen LogP contribution in [0.15, 0.2) is 4.99 Å². The van der Waals surface area contributed by atoms with Crippen molar-refractivity contribution in [2.24, 2.45) is 10.7 Å². The molecule has 0 saturated carbocycles. The van der Waals surface area contributed by atoms with Crippen LogP contribution in [0.3, 0.4) is 0 Å². The molecule has 0 aromatic heterocycles. The van der Waals surface area contributed by atoms with E-state index in [0.717, 1.165) is 44.9 Å². The average Bonchev–Trinajstić information content (AvgIpc) is 3.12. The van der Waals surface area contributed by atoms with E-state index in [0.29, 0.717) is 32.4 Å². The van der Waals surface area contributed by atoms with E-state index in [4.69, 9.17) is 5.73 Å². The van der Waals surface area contributed by atoms with Gasteiger partial charge in [-0.2, -0.15) is 0 Å². The molecule has 0 saturated heterocycles. The number of nitrogens with zero attached hydrogens (tertiary/aromatic N) is 3. The lowest BCUT2D eigenvalue weighted by molar-refractivity contribution is -0.525. The van der Waals surface area contributed by atoms with Gasteiger partial charge >= 0.3 is 0 Å². The standard InChI is InChI=1S/C42H84N6O4/c1-4-7-10-13-14-15-16-17-18-19-20-21-22-23-24-25-26-27-30-35-40(49)45-39(34-33-36-44-42(43)46-48(51)52)41(50)47(37-31-28-11-8-5-2)38-32-29-12-9-6-3/h39H,4-38H2,1-3H3,(H,45,49)(H3,43,44,46). The highest BCUT2D eigenvalue weighted by molar-refractivity contribution is 5.87. The number of hydrogen-bond acceptors (Lipinski definition) is 5. The Balaban J connectivity index is 4.58. The summed E-state index contributed by atoms with van der Waals surface area (Å²) >= 11 is 0. The molecule has 0 aliphatic carbocycles. The zero-order valence-corrected chi connectivity index (χ0v) is 34.4. The van der Waals surface area contributed by atoms with Crippen molar-refractivity contribution in [1.29, 1.82) is 0 Å². The zero-order valence-electron chi connectivity index (χ0n) is 34.4. The maximum absolute atomic E-state index is 13.9. The number of nitro groups is 1. The van der Waals surface area contributed by atoms with Gasteiger partial charge in [0.1, 0.15) is 6.04 Å². The van der Waals surface area contributed by atoms with Gasteiger partial charge < -0.3 is 16.0 Å². The van der Waals surface area contributed by atoms with E-state index >= 15 is 0 Å². The average molecular weight is 737 g/mol. The lowest BCUT2D eigenvalue weighted by Gasteiger charge is -2.28. The van der Waals surface area contributed by atoms with Crippen LogP contribution >= 0.6 is 0 Å². The molecule has 1 atom stereocenters. The molecule has 52 heavy (non-hydrogen) atoms. The lowest BCUT2D eigenvalue weighted by Crippen LogP contribution is -2.49. The Kier molecular flexibility index (Phi) is 36.6. The molecule has 2 amide bonds. The Labute approximate surface area is 320 Å². The second-order valence-electron chi connectivity index (χ2n) is 15.2. The van der Waals surface area contributed by atoms with Crippen LogP contribution in [0.25, 0.3) is 0 Å². The number of hydrogen-bond donors (Lipinski definition) is 3. The van der Waals surface area contributed by atoms with Crippen LogP contribution in [-0.4, -0.2) is 53.4 Å². The zero-order chi connectivity index (χ0) is 38.3. The molecule has 0 rings (SSSR count). The van der Waals surface area contributed by atoms with E-state index in [2.05, 4.69) is 31.1 Å². The first kappa shape index (κ1) is 49.6. The van der Waals surface area contributed by atoms with Gasteiger partial charge in [0.25, 0.3) is 5.96 Å². The summed E-state index contributed by atoms with van der Waals surface area (Å²) in [5.41, 5.74) is 7.42. The molecule has 0 spiro atoms. The largest absolute Gasteiger partial charge is 0.365 e. The number of carbonyl (C=O) groups is 2. The molecular formula is C42H84N6O4. The minimum atomic E-state index is -0.745. The monoisotopic (exact) mass is 737 g/mol. The Morgan fingerprint density at radius 2 is 0.962 bits per heavy atom. The Bertz CT molecular complexity index is 857. The molecule has 306 valence electrons. The molecule has 10 nitrogen and oxygen atoms in total. The summed E-state index contributed by atoms with van der Waals surface area (Å²) in [6.45, 7) is 8.33. The summed E-state index contributed by atoms with van der Waals surface area (Å²) < 4.78 is 0. The van der Waals surface area contributed by atoms with Crippen LogP contribution in [0.4, 0.5) is 0 Å². The van der Waals surface area contributed by atoms with E-state index in [9.17, 15) is 19.7 Å². The molecule has 1 unspecified atom stereocenters. The van der Waals surface area contributed by atoms with Crippen molar-refractivity contribution < 1.29 is 14.6 Å². The first-order chi connectivity index (χ1) is 25.3. The van der Waals surface area contributed by atoms with Gasteiger partial charge in [-0.3, -0.25) is 9.59 Å². The number of aliphatic imine (C=N–C) groups is 1. The maximum Gasteiger partial charge on any atom is 0.251 e. The van der Waals surface area contributed by atoms with Crippen molar-refractivity contribution in [2.45, 2.75) is 232 Å². The Morgan fingerprint density at radius 3 is 1.35 bits per heavy atom. The summed E-state index contributed by atoms with van der Waals surface area (Å²) in [5, 5.41) is 13.0. The van der Waals surface area contributed by atoms with Crippen LogP contribution in [-0.2, 0) is 9.59 Å². The third-order valence-corrected chi connectivity index (χ3v) is 10.2. The molecule has 0 aliphatic rings. The van der Waals surface area contributed by atoms with Gasteiger partial charge in [-0.25, -0.2) is 15.1 Å². The predicted molar refractivity (Wildman–Crippen MR) is 220 cm³/mol. The van der Waals surface area contributed by atoms with E-state index in [1.54, 1.807) is 0 Å². The molecule has 0 radical (unpaired) electrons. The summed E-state index contributed by atoms with van der Waals surface area (Å²) in [6, 6.07) is -0.626. The van der Waals surface area contributed by atoms with E-state index in [-0.39, 0.29) is 24.3 Å². The highest BCUT2D eigenvalue weighted by Gasteiger charge is 2.25. The topological polar surface area (TPSA) is 143 Å². The molecule has 0 aliphatic heterocycles. The van der Waals surface area contributed by atoms with Crippen molar-refractivity contribution in [3.63, 3.8) is 0 Å². The third kappa shape index (κ3) is 33.4. The first-order valence-corrected chi connectivity index (χ1v) is 22.1. The number of guanidine groups is 1. The van der Waals surface area contributed by atoms with Crippen molar-refractivity contribution >= 4 is 17.8 Å². The first-order valence-electron chi connectivity index (χ1n) is 22.1. The van der Waals surface area contributed by atoms with Crippen LogP contribution in [0.2, 0.25) is 0 Å². The van der Waals surface area contributed by atoms with Gasteiger partial charge in [0.05, 0.1) is 0 Å². The van der Waals surface area contributed by atoms with Crippen molar-refractivity contribution in [3.05, 3.63) is 10.1 Å². The van der Waals surface area contributed by atoms with Crippen molar-refractivity contribution in [1.82, 2.24) is 15.6 Å². The molecular weight excluding hydrogens is 652 g/mol. The SMILES string of the molecule is CCCCCCCCCCCCCCCCCCCCCC(=O)NC(CCCN=C(N)N[N+](=O)[O-])C(=O)N(CCCCCCC)CCCCCCC. The van der Waals surface area contributed by atoms with Gasteiger partial charge in [0.2, 0.25) is 11.8 Å². The van der Waals surface area contributed by atoms with Gasteiger partial charge in [0, 0.05) is 26.1 Å². The smallest absolute Gasteiger partial charge is 0.251 e. The molecule has 0 aromatic carbocycles. The van der Waals surface area contributed by atoms with Crippen LogP contribution in [0.1, 0.15) is 226 Å². The molecule has 10 heteroatoms. The summed E-state index contributed by atoms with van der Waals surface area (Å²) in [4.78, 5) is 43.6. The third-order valence-electron chi connectivity index (χ3n) is 10.2. The molecule has 0 bridgehead atoms. The van der Waals surface area contributed by atoms with Crippen LogP contribution in [0, 0.1) is 10.1 Å². The predicted octanol–water partition coefficient (Wildman–Crippen LogP) is 10.9. The number of amides is 2. The number of nitrogens with two attached hydrogens (primary N) is 1. The summed E-state index contributed by atoms with van der Waals surface area (Å²) in [6.07, 6.45) is 37.5. The highest BCUT2D eigenvalue weighted by Crippen LogP contribution is 2.16. The number of nitrogens with one attached hydrogen (secondary N) is 2. The maximum atomic E-state index is 13.9. The molecule has 0 aromatic rings. The van der Waals surface area contributed by atoms with E-state index in [1.807, 2.05) is 10.3 Å².